The van der Waals surface area contributed by atoms with Crippen molar-refractivity contribution in [1.82, 2.24) is 0 Å². The Morgan fingerprint density at radius 3 is 2.43 bits per heavy atom. The summed E-state index contributed by atoms with van der Waals surface area (Å²) in [4.78, 5) is 11.0. The van der Waals surface area contributed by atoms with Gasteiger partial charge in [0.1, 0.15) is 22.3 Å². The molecule has 0 atom stereocenters. The van der Waals surface area contributed by atoms with Crippen molar-refractivity contribution in [2.24, 2.45) is 0 Å². The zero-order chi connectivity index (χ0) is 15.6. The lowest BCUT2D eigenvalue weighted by Crippen LogP contribution is -2.02. The summed E-state index contributed by atoms with van der Waals surface area (Å²) in [5.41, 5.74) is 0.0293. The normalized spacial score (nSPS) is 10.3. The van der Waals surface area contributed by atoms with Crippen molar-refractivity contribution in [1.29, 1.82) is 0 Å². The molecule has 6 heteroatoms. The number of halogens is 2. The fraction of sp³-hybridized carbons (Fsp3) is 0.133. The van der Waals surface area contributed by atoms with Crippen LogP contribution < -0.4 is 9.47 Å². The second-order valence-corrected chi connectivity index (χ2v) is 4.51. The molecule has 0 heterocycles. The molecule has 0 saturated heterocycles. The van der Waals surface area contributed by atoms with Gasteiger partial charge in [-0.3, -0.25) is 0 Å². The first kappa shape index (κ1) is 15.1. The third kappa shape index (κ3) is 2.64. The van der Waals surface area contributed by atoms with Crippen molar-refractivity contribution < 1.29 is 23.8 Å². The molecular weight excluding hydrogens is 299 g/mol. The van der Waals surface area contributed by atoms with Gasteiger partial charge in [-0.25, -0.2) is 9.18 Å². The maximum atomic E-state index is 14.3. The van der Waals surface area contributed by atoms with E-state index in [-0.39, 0.29) is 16.3 Å². The van der Waals surface area contributed by atoms with Crippen LogP contribution in [0.15, 0.2) is 30.3 Å². The highest BCUT2D eigenvalue weighted by atomic mass is 35.5. The van der Waals surface area contributed by atoms with Crippen molar-refractivity contribution in [3.05, 3.63) is 46.7 Å². The summed E-state index contributed by atoms with van der Waals surface area (Å²) < 4.78 is 24.6. The molecular formula is C15H12ClFO4. The van der Waals surface area contributed by atoms with Gasteiger partial charge in [0.15, 0.2) is 0 Å². The van der Waals surface area contributed by atoms with E-state index < -0.39 is 17.3 Å². The average molecular weight is 311 g/mol. The summed E-state index contributed by atoms with van der Waals surface area (Å²) in [5.74, 6) is -1.58. The Morgan fingerprint density at radius 1 is 1.14 bits per heavy atom. The Kier molecular flexibility index (Phi) is 4.33. The number of carboxylic acids is 1. The van der Waals surface area contributed by atoms with E-state index in [1.165, 1.54) is 32.4 Å². The Balaban J connectivity index is 2.71. The second-order valence-electron chi connectivity index (χ2n) is 4.13. The van der Waals surface area contributed by atoms with E-state index in [1.54, 1.807) is 12.1 Å². The summed E-state index contributed by atoms with van der Waals surface area (Å²) in [7, 11) is 2.84. The fourth-order valence-corrected chi connectivity index (χ4v) is 2.33. The molecule has 0 fully saturated rings. The van der Waals surface area contributed by atoms with Crippen molar-refractivity contribution in [3.8, 4) is 22.6 Å². The van der Waals surface area contributed by atoms with Gasteiger partial charge in [0.25, 0.3) is 0 Å². The second kappa shape index (κ2) is 6.01. The van der Waals surface area contributed by atoms with E-state index in [0.717, 1.165) is 0 Å². The third-order valence-corrected chi connectivity index (χ3v) is 3.36. The van der Waals surface area contributed by atoms with Crippen molar-refractivity contribution in [2.75, 3.05) is 14.2 Å². The van der Waals surface area contributed by atoms with Crippen LogP contribution in [0.25, 0.3) is 11.1 Å². The van der Waals surface area contributed by atoms with Gasteiger partial charge < -0.3 is 14.6 Å². The average Bonchev–Trinajstić information content (AvgIpc) is 2.47. The maximum Gasteiger partial charge on any atom is 0.338 e. The molecule has 4 nitrogen and oxygen atoms in total. The quantitative estimate of drug-likeness (QED) is 0.931. The van der Waals surface area contributed by atoms with Crippen LogP contribution >= 0.6 is 11.6 Å². The highest BCUT2D eigenvalue weighted by molar-refractivity contribution is 6.34. The number of aromatic carboxylic acids is 1. The molecule has 1 N–H and O–H groups in total. The molecule has 2 aromatic carbocycles. The first-order valence-corrected chi connectivity index (χ1v) is 6.31. The van der Waals surface area contributed by atoms with Crippen LogP contribution in [0.5, 0.6) is 11.5 Å². The Morgan fingerprint density at radius 2 is 1.86 bits per heavy atom. The van der Waals surface area contributed by atoms with Crippen LogP contribution in [0.4, 0.5) is 4.39 Å². The van der Waals surface area contributed by atoms with Crippen molar-refractivity contribution in [3.63, 3.8) is 0 Å². The number of hydrogen-bond donors (Lipinski definition) is 1. The Labute approximate surface area is 125 Å². The summed E-state index contributed by atoms with van der Waals surface area (Å²) in [6, 6.07) is 7.24. The maximum absolute atomic E-state index is 14.3. The molecule has 2 rings (SSSR count). The lowest BCUT2D eigenvalue weighted by Gasteiger charge is -2.14. The molecule has 0 aliphatic heterocycles. The van der Waals surface area contributed by atoms with Crippen LogP contribution in [0.3, 0.4) is 0 Å². The molecule has 0 aliphatic carbocycles. The summed E-state index contributed by atoms with van der Waals surface area (Å²) in [6.45, 7) is 0. The van der Waals surface area contributed by atoms with Gasteiger partial charge in [0.05, 0.1) is 19.8 Å². The van der Waals surface area contributed by atoms with Gasteiger partial charge in [0.2, 0.25) is 0 Å². The Bertz CT molecular complexity index is 700. The number of ether oxygens (including phenoxy) is 2. The van der Waals surface area contributed by atoms with E-state index in [2.05, 4.69) is 0 Å². The van der Waals surface area contributed by atoms with Crippen LogP contribution in [0.1, 0.15) is 10.4 Å². The highest BCUT2D eigenvalue weighted by Gasteiger charge is 2.20. The van der Waals surface area contributed by atoms with Crippen LogP contribution in [0.2, 0.25) is 5.02 Å². The molecule has 0 unspecified atom stereocenters. The lowest BCUT2D eigenvalue weighted by atomic mass is 10.0. The topological polar surface area (TPSA) is 55.8 Å². The molecule has 0 spiro atoms. The molecule has 0 saturated carbocycles. The Hall–Kier alpha value is -2.27. The van der Waals surface area contributed by atoms with E-state index in [4.69, 9.17) is 26.2 Å². The largest absolute Gasteiger partial charge is 0.495 e. The molecule has 0 aromatic heterocycles. The van der Waals surface area contributed by atoms with Gasteiger partial charge in [0, 0.05) is 11.1 Å². The summed E-state index contributed by atoms with van der Waals surface area (Å²) in [6.07, 6.45) is 0. The number of methoxy groups -OCH3 is 2. The predicted molar refractivity (Wildman–Crippen MR) is 76.9 cm³/mol. The van der Waals surface area contributed by atoms with Gasteiger partial charge in [-0.1, -0.05) is 23.7 Å². The zero-order valence-corrected chi connectivity index (χ0v) is 12.1. The summed E-state index contributed by atoms with van der Waals surface area (Å²) >= 11 is 6.13. The minimum atomic E-state index is -1.34. The minimum Gasteiger partial charge on any atom is -0.495 e. The predicted octanol–water partition coefficient (Wildman–Crippen LogP) is 3.86. The molecule has 0 bridgehead atoms. The number of rotatable bonds is 4. The number of carbonyl (C=O) groups is 1. The summed E-state index contributed by atoms with van der Waals surface area (Å²) in [5, 5.41) is 9.18. The third-order valence-electron chi connectivity index (χ3n) is 3.01. The van der Waals surface area contributed by atoms with Crippen LogP contribution in [-0.2, 0) is 0 Å². The standard InChI is InChI=1S/C15H12ClFO4/c1-20-11-7-6-9(14(21-2)12(11)16)8-4-3-5-10(13(8)17)15(18)19/h3-7H,1-2H3,(H,18,19). The highest BCUT2D eigenvalue weighted by Crippen LogP contribution is 2.42. The van der Waals surface area contributed by atoms with Gasteiger partial charge in [-0.15, -0.1) is 0 Å². The molecule has 0 radical (unpaired) electrons. The van der Waals surface area contributed by atoms with Gasteiger partial charge >= 0.3 is 5.97 Å². The minimum absolute atomic E-state index is 0.0938. The van der Waals surface area contributed by atoms with Crippen molar-refractivity contribution in [2.45, 2.75) is 0 Å². The number of benzene rings is 2. The molecule has 110 valence electrons. The smallest absolute Gasteiger partial charge is 0.338 e. The molecule has 0 amide bonds. The molecule has 2 aromatic rings. The molecule has 0 aliphatic rings. The van der Waals surface area contributed by atoms with Crippen LogP contribution in [0, 0.1) is 5.82 Å². The van der Waals surface area contributed by atoms with Gasteiger partial charge in [-0.05, 0) is 18.2 Å². The fourth-order valence-electron chi connectivity index (χ4n) is 2.01. The monoisotopic (exact) mass is 310 g/mol. The molecule has 21 heavy (non-hydrogen) atoms. The number of hydrogen-bond acceptors (Lipinski definition) is 3. The van der Waals surface area contributed by atoms with E-state index in [0.29, 0.717) is 11.3 Å². The lowest BCUT2D eigenvalue weighted by molar-refractivity contribution is 0.0692. The number of carboxylic acid groups (broad SMARTS) is 1. The van der Waals surface area contributed by atoms with Gasteiger partial charge in [-0.2, -0.15) is 0 Å². The first-order chi connectivity index (χ1) is 10.0. The van der Waals surface area contributed by atoms with Crippen molar-refractivity contribution >= 4 is 17.6 Å². The van der Waals surface area contributed by atoms with E-state index >= 15 is 0 Å². The SMILES string of the molecule is COc1ccc(-c2cccc(C(=O)O)c2F)c(OC)c1Cl. The van der Waals surface area contributed by atoms with E-state index in [1.807, 2.05) is 0 Å². The zero-order valence-electron chi connectivity index (χ0n) is 11.3. The van der Waals surface area contributed by atoms with E-state index in [9.17, 15) is 9.18 Å². The van der Waals surface area contributed by atoms with Crippen LogP contribution in [-0.4, -0.2) is 25.3 Å². The first-order valence-electron chi connectivity index (χ1n) is 5.94.